The lowest BCUT2D eigenvalue weighted by atomic mass is 10.7. The Kier molecular flexibility index (Phi) is 5.92. The molecule has 1 heterocycles. The summed E-state index contributed by atoms with van der Waals surface area (Å²) < 4.78 is 4.58. The van der Waals surface area contributed by atoms with E-state index in [-0.39, 0.29) is 13.2 Å². The zero-order valence-electron chi connectivity index (χ0n) is 5.84. The molecule has 0 fully saturated rings. The average molecular weight is 159 g/mol. The van der Waals surface area contributed by atoms with Crippen LogP contribution in [0.15, 0.2) is 29.1 Å². The van der Waals surface area contributed by atoms with E-state index in [1.54, 1.807) is 12.5 Å². The summed E-state index contributed by atoms with van der Waals surface area (Å²) in [7, 11) is 0. The molecule has 0 unspecified atom stereocenters. The number of furan rings is 1. The lowest BCUT2D eigenvalue weighted by Gasteiger charge is -1.80. The normalized spacial score (nSPS) is 8.09. The molecule has 0 spiro atoms. The molecule has 1 N–H and O–H groups in total. The van der Waals surface area contributed by atoms with Gasteiger partial charge in [-0.15, -0.1) is 0 Å². The fraction of sp³-hybridized carbons (Fsp3) is 0.333. The van der Waals surface area contributed by atoms with E-state index in [1.165, 1.54) is 0 Å². The molecule has 0 radical (unpaired) electrons. The second kappa shape index (κ2) is 6.76. The first-order valence-corrected chi connectivity index (χ1v) is 2.97. The summed E-state index contributed by atoms with van der Waals surface area (Å²) in [5.41, 5.74) is 0. The van der Waals surface area contributed by atoms with Gasteiger partial charge >= 0.3 is 0 Å². The molecule has 0 aliphatic heterocycles. The highest BCUT2D eigenvalue weighted by Crippen LogP contribution is 1.79. The Balaban J connectivity index is 0.000000183. The minimum absolute atomic E-state index is 0.347. The van der Waals surface area contributed by atoms with Crippen molar-refractivity contribution in [3.8, 4) is 0 Å². The van der Waals surface area contributed by atoms with Crippen LogP contribution in [0, 0.1) is 10.1 Å². The molecule has 1 aromatic heterocycles. The Bertz CT molecular complexity index is 155. The van der Waals surface area contributed by atoms with Gasteiger partial charge < -0.3 is 9.52 Å². The second-order valence-electron chi connectivity index (χ2n) is 1.57. The van der Waals surface area contributed by atoms with Crippen LogP contribution in [-0.2, 0) is 0 Å². The maximum atomic E-state index is 9.24. The molecular formula is C6H9NO4. The summed E-state index contributed by atoms with van der Waals surface area (Å²) in [6.45, 7) is -0.715. The van der Waals surface area contributed by atoms with Crippen LogP contribution < -0.4 is 0 Å². The van der Waals surface area contributed by atoms with Gasteiger partial charge in [0, 0.05) is 4.92 Å². The second-order valence-corrected chi connectivity index (χ2v) is 1.57. The summed E-state index contributed by atoms with van der Waals surface area (Å²) in [4.78, 5) is 8.68. The molecule has 1 rings (SSSR count). The third-order valence-corrected chi connectivity index (χ3v) is 0.708. The van der Waals surface area contributed by atoms with Crippen LogP contribution >= 0.6 is 0 Å². The van der Waals surface area contributed by atoms with Gasteiger partial charge in [0.05, 0.1) is 12.5 Å². The maximum Gasteiger partial charge on any atom is 0.226 e. The highest BCUT2D eigenvalue weighted by Gasteiger charge is 1.87. The maximum absolute atomic E-state index is 9.24. The van der Waals surface area contributed by atoms with Gasteiger partial charge in [0.15, 0.2) is 0 Å². The van der Waals surface area contributed by atoms with Crippen LogP contribution in [0.3, 0.4) is 0 Å². The number of hydrogen-bond donors (Lipinski definition) is 1. The van der Waals surface area contributed by atoms with Gasteiger partial charge in [-0.3, -0.25) is 10.1 Å². The number of nitro groups is 1. The van der Waals surface area contributed by atoms with Crippen molar-refractivity contribution in [2.75, 3.05) is 13.2 Å². The molecule has 0 saturated carbocycles. The van der Waals surface area contributed by atoms with Crippen LogP contribution in [-0.4, -0.2) is 23.2 Å². The van der Waals surface area contributed by atoms with Crippen molar-refractivity contribution in [2.24, 2.45) is 0 Å². The fourth-order valence-corrected chi connectivity index (χ4v) is 0.308. The zero-order chi connectivity index (χ0) is 8.53. The van der Waals surface area contributed by atoms with E-state index in [4.69, 9.17) is 5.11 Å². The van der Waals surface area contributed by atoms with Crippen molar-refractivity contribution < 1.29 is 14.4 Å². The first-order chi connectivity index (χ1) is 5.27. The predicted octanol–water partition coefficient (Wildman–Crippen LogP) is 0.535. The van der Waals surface area contributed by atoms with Gasteiger partial charge in [0.2, 0.25) is 6.54 Å². The quantitative estimate of drug-likeness (QED) is 0.504. The van der Waals surface area contributed by atoms with Crippen LogP contribution in [0.5, 0.6) is 0 Å². The van der Waals surface area contributed by atoms with Crippen molar-refractivity contribution in [1.82, 2.24) is 0 Å². The highest BCUT2D eigenvalue weighted by molar-refractivity contribution is 4.79. The van der Waals surface area contributed by atoms with Crippen molar-refractivity contribution in [1.29, 1.82) is 0 Å². The van der Waals surface area contributed by atoms with Crippen molar-refractivity contribution in [2.45, 2.75) is 0 Å². The topological polar surface area (TPSA) is 76.5 Å². The number of hydrogen-bond acceptors (Lipinski definition) is 4. The van der Waals surface area contributed by atoms with Crippen molar-refractivity contribution in [3.05, 3.63) is 34.8 Å². The molecule has 0 bridgehead atoms. The number of rotatable bonds is 2. The predicted molar refractivity (Wildman–Crippen MR) is 37.7 cm³/mol. The largest absolute Gasteiger partial charge is 0.473 e. The van der Waals surface area contributed by atoms with Gasteiger partial charge in [0.25, 0.3) is 0 Å². The van der Waals surface area contributed by atoms with E-state index >= 15 is 0 Å². The first-order valence-electron chi connectivity index (χ1n) is 2.97. The molecule has 0 saturated heterocycles. The molecule has 0 aliphatic carbocycles. The minimum Gasteiger partial charge on any atom is -0.473 e. The number of nitrogens with zero attached hydrogens (tertiary/aromatic N) is 1. The van der Waals surface area contributed by atoms with E-state index < -0.39 is 4.92 Å². The molecule has 5 nitrogen and oxygen atoms in total. The van der Waals surface area contributed by atoms with E-state index in [0.717, 1.165) is 0 Å². The molecule has 11 heavy (non-hydrogen) atoms. The number of aliphatic hydroxyl groups is 1. The van der Waals surface area contributed by atoms with E-state index in [2.05, 4.69) is 4.42 Å². The molecule has 0 aliphatic rings. The SMILES string of the molecule is O=[N+]([O-])CCO.c1ccoc1. The van der Waals surface area contributed by atoms with Gasteiger partial charge in [-0.1, -0.05) is 0 Å². The Morgan fingerprint density at radius 1 is 1.45 bits per heavy atom. The Morgan fingerprint density at radius 3 is 2.09 bits per heavy atom. The fourth-order valence-electron chi connectivity index (χ4n) is 0.308. The van der Waals surface area contributed by atoms with E-state index in [1.807, 2.05) is 12.1 Å². The summed E-state index contributed by atoms with van der Waals surface area (Å²) in [6.07, 6.45) is 3.25. The molecule has 0 amide bonds. The van der Waals surface area contributed by atoms with E-state index in [9.17, 15) is 10.1 Å². The summed E-state index contributed by atoms with van der Waals surface area (Å²) in [5, 5.41) is 17.0. The molecule has 0 aromatic carbocycles. The van der Waals surface area contributed by atoms with Crippen LogP contribution in [0.2, 0.25) is 0 Å². The zero-order valence-corrected chi connectivity index (χ0v) is 5.84. The van der Waals surface area contributed by atoms with Gasteiger partial charge in [-0.25, -0.2) is 0 Å². The van der Waals surface area contributed by atoms with Crippen molar-refractivity contribution >= 4 is 0 Å². The third-order valence-electron chi connectivity index (χ3n) is 0.708. The average Bonchev–Trinajstić information content (AvgIpc) is 2.41. The smallest absolute Gasteiger partial charge is 0.226 e. The van der Waals surface area contributed by atoms with Crippen LogP contribution in [0.25, 0.3) is 0 Å². The standard InChI is InChI=1S/C4H4O.C2H5NO3/c1-2-4-5-3-1;4-2-1-3(5)6/h1-4H;4H,1-2H2. The molecule has 5 heteroatoms. The molecular weight excluding hydrogens is 150 g/mol. The van der Waals surface area contributed by atoms with Crippen molar-refractivity contribution in [3.63, 3.8) is 0 Å². The molecule has 0 atom stereocenters. The van der Waals surface area contributed by atoms with Gasteiger partial charge in [-0.05, 0) is 12.1 Å². The van der Waals surface area contributed by atoms with E-state index in [0.29, 0.717) is 0 Å². The highest BCUT2D eigenvalue weighted by atomic mass is 16.6. The lowest BCUT2D eigenvalue weighted by Crippen LogP contribution is -2.03. The summed E-state index contributed by atoms with van der Waals surface area (Å²) in [5.74, 6) is 0. The first kappa shape index (κ1) is 9.64. The summed E-state index contributed by atoms with van der Waals surface area (Å²) >= 11 is 0. The Morgan fingerprint density at radius 2 is 2.00 bits per heavy atom. The summed E-state index contributed by atoms with van der Waals surface area (Å²) in [6, 6.07) is 3.67. The molecule has 62 valence electrons. The van der Waals surface area contributed by atoms with Crippen LogP contribution in [0.1, 0.15) is 0 Å². The lowest BCUT2D eigenvalue weighted by molar-refractivity contribution is -0.482. The number of aliphatic hydroxyl groups excluding tert-OH is 1. The van der Waals surface area contributed by atoms with Gasteiger partial charge in [0.1, 0.15) is 6.61 Å². The molecule has 1 aromatic rings. The Hall–Kier alpha value is -1.36. The monoisotopic (exact) mass is 159 g/mol. The third kappa shape index (κ3) is 8.64. The van der Waals surface area contributed by atoms with Crippen LogP contribution in [0.4, 0.5) is 0 Å². The Labute approximate surface area is 63.4 Å². The minimum atomic E-state index is -0.569. The van der Waals surface area contributed by atoms with Gasteiger partial charge in [-0.2, -0.15) is 0 Å².